The normalized spacial score (nSPS) is 30.9. The molecule has 1 amide bonds. The van der Waals surface area contributed by atoms with Crippen LogP contribution in [0.3, 0.4) is 0 Å². The van der Waals surface area contributed by atoms with Crippen LogP contribution in [-0.4, -0.2) is 11.9 Å². The Labute approximate surface area is 114 Å². The summed E-state index contributed by atoms with van der Waals surface area (Å²) in [5.41, 5.74) is 0. The van der Waals surface area contributed by atoms with Gasteiger partial charge in [-0.3, -0.25) is 4.79 Å². The number of hydrogen-bond donors (Lipinski definition) is 1. The minimum Gasteiger partial charge on any atom is -0.465 e. The molecule has 1 heterocycles. The van der Waals surface area contributed by atoms with Crippen molar-refractivity contribution in [3.05, 3.63) is 30.2 Å². The first-order valence-electron chi connectivity index (χ1n) is 7.24. The maximum atomic E-state index is 11.9. The van der Waals surface area contributed by atoms with Crippen LogP contribution in [0.1, 0.15) is 38.4 Å². The molecule has 0 aromatic carbocycles. The van der Waals surface area contributed by atoms with Crippen molar-refractivity contribution >= 4 is 12.0 Å². The van der Waals surface area contributed by atoms with E-state index in [1.54, 1.807) is 18.4 Å². The summed E-state index contributed by atoms with van der Waals surface area (Å²) in [7, 11) is 0. The number of carbonyl (C=O) groups is 1. The van der Waals surface area contributed by atoms with Gasteiger partial charge in [0.1, 0.15) is 5.76 Å². The summed E-state index contributed by atoms with van der Waals surface area (Å²) in [4.78, 5) is 11.9. The zero-order valence-corrected chi connectivity index (χ0v) is 11.3. The second kappa shape index (κ2) is 5.24. The van der Waals surface area contributed by atoms with E-state index in [4.69, 9.17) is 4.42 Å². The second-order valence-corrected chi connectivity index (χ2v) is 5.98. The van der Waals surface area contributed by atoms with Crippen LogP contribution in [0, 0.1) is 17.8 Å². The Bertz CT molecular complexity index is 463. The Hall–Kier alpha value is -1.51. The summed E-state index contributed by atoms with van der Waals surface area (Å²) in [6, 6.07) is 3.93. The molecule has 4 unspecified atom stereocenters. The van der Waals surface area contributed by atoms with Gasteiger partial charge < -0.3 is 9.73 Å². The third-order valence-corrected chi connectivity index (χ3v) is 4.75. The molecule has 0 radical (unpaired) electrons. The Morgan fingerprint density at radius 1 is 1.47 bits per heavy atom. The van der Waals surface area contributed by atoms with Gasteiger partial charge in [0, 0.05) is 12.1 Å². The Morgan fingerprint density at radius 2 is 2.37 bits per heavy atom. The van der Waals surface area contributed by atoms with Gasteiger partial charge in [0.05, 0.1) is 6.26 Å². The van der Waals surface area contributed by atoms with Gasteiger partial charge in [0.2, 0.25) is 5.91 Å². The van der Waals surface area contributed by atoms with E-state index in [0.717, 1.165) is 11.8 Å². The molecule has 0 spiro atoms. The van der Waals surface area contributed by atoms with E-state index in [1.165, 1.54) is 25.7 Å². The van der Waals surface area contributed by atoms with E-state index in [2.05, 4.69) is 12.2 Å². The maximum Gasteiger partial charge on any atom is 0.244 e. The van der Waals surface area contributed by atoms with Crippen LogP contribution < -0.4 is 5.32 Å². The van der Waals surface area contributed by atoms with E-state index in [0.29, 0.717) is 11.7 Å². The fourth-order valence-corrected chi connectivity index (χ4v) is 3.83. The molecule has 2 saturated carbocycles. The average molecular weight is 259 g/mol. The third kappa shape index (κ3) is 2.75. The number of carbonyl (C=O) groups excluding carboxylic acids is 1. The van der Waals surface area contributed by atoms with Crippen molar-refractivity contribution in [3.63, 3.8) is 0 Å². The average Bonchev–Trinajstić information content (AvgIpc) is 3.13. The van der Waals surface area contributed by atoms with Gasteiger partial charge in [-0.05, 0) is 62.1 Å². The van der Waals surface area contributed by atoms with Gasteiger partial charge in [0.15, 0.2) is 0 Å². The molecule has 2 aliphatic carbocycles. The molecule has 2 fully saturated rings. The zero-order valence-electron chi connectivity index (χ0n) is 11.3. The lowest BCUT2D eigenvalue weighted by molar-refractivity contribution is -0.117. The van der Waals surface area contributed by atoms with Crippen LogP contribution in [0.4, 0.5) is 0 Å². The predicted octanol–water partition coefficient (Wildman–Crippen LogP) is 3.23. The molecule has 102 valence electrons. The van der Waals surface area contributed by atoms with E-state index in [1.807, 2.05) is 12.1 Å². The standard InChI is InChI=1S/C16H21NO2/c1-11(15-10-12-4-5-13(15)9-12)17-16(18)7-6-14-3-2-8-19-14/h2-3,6-8,11-13,15H,4-5,9-10H2,1H3,(H,17,18)/b7-6+. The summed E-state index contributed by atoms with van der Waals surface area (Å²) in [5, 5.41) is 3.10. The minimum absolute atomic E-state index is 0.0216. The predicted molar refractivity (Wildman–Crippen MR) is 74.3 cm³/mol. The number of hydrogen-bond acceptors (Lipinski definition) is 2. The number of amides is 1. The molecule has 1 aromatic rings. The molecule has 3 heteroatoms. The number of furan rings is 1. The topological polar surface area (TPSA) is 42.2 Å². The van der Waals surface area contributed by atoms with Crippen molar-refractivity contribution in [1.82, 2.24) is 5.32 Å². The minimum atomic E-state index is -0.0216. The maximum absolute atomic E-state index is 11.9. The zero-order chi connectivity index (χ0) is 13.2. The molecule has 0 saturated heterocycles. The van der Waals surface area contributed by atoms with Crippen LogP contribution in [0.2, 0.25) is 0 Å². The molecule has 2 aliphatic rings. The lowest BCUT2D eigenvalue weighted by Gasteiger charge is -2.28. The molecule has 4 atom stereocenters. The summed E-state index contributed by atoms with van der Waals surface area (Å²) >= 11 is 0. The molecular formula is C16H21NO2. The van der Waals surface area contributed by atoms with Crippen LogP contribution >= 0.6 is 0 Å². The van der Waals surface area contributed by atoms with Gasteiger partial charge in [-0.15, -0.1) is 0 Å². The van der Waals surface area contributed by atoms with E-state index >= 15 is 0 Å². The van der Waals surface area contributed by atoms with Gasteiger partial charge >= 0.3 is 0 Å². The Morgan fingerprint density at radius 3 is 3.00 bits per heavy atom. The number of nitrogens with one attached hydrogen (secondary N) is 1. The fourth-order valence-electron chi connectivity index (χ4n) is 3.83. The van der Waals surface area contributed by atoms with Crippen molar-refractivity contribution < 1.29 is 9.21 Å². The molecule has 2 bridgehead atoms. The van der Waals surface area contributed by atoms with Crippen molar-refractivity contribution in [2.24, 2.45) is 17.8 Å². The van der Waals surface area contributed by atoms with Crippen LogP contribution in [0.5, 0.6) is 0 Å². The Kier molecular flexibility index (Phi) is 3.45. The summed E-state index contributed by atoms with van der Waals surface area (Å²) < 4.78 is 5.16. The monoisotopic (exact) mass is 259 g/mol. The molecular weight excluding hydrogens is 238 g/mol. The summed E-state index contributed by atoms with van der Waals surface area (Å²) in [5.74, 6) is 3.14. The Balaban J connectivity index is 1.52. The van der Waals surface area contributed by atoms with Crippen molar-refractivity contribution in [2.45, 2.75) is 38.6 Å². The molecule has 19 heavy (non-hydrogen) atoms. The van der Waals surface area contributed by atoms with Gasteiger partial charge in [-0.25, -0.2) is 0 Å². The lowest BCUT2D eigenvalue weighted by Crippen LogP contribution is -2.39. The van der Waals surface area contributed by atoms with Crippen molar-refractivity contribution in [2.75, 3.05) is 0 Å². The highest BCUT2D eigenvalue weighted by molar-refractivity contribution is 5.91. The molecule has 3 rings (SSSR count). The van der Waals surface area contributed by atoms with Gasteiger partial charge in [-0.1, -0.05) is 6.42 Å². The molecule has 3 nitrogen and oxygen atoms in total. The first-order chi connectivity index (χ1) is 9.22. The fraction of sp³-hybridized carbons (Fsp3) is 0.562. The highest BCUT2D eigenvalue weighted by Gasteiger charge is 2.41. The van der Waals surface area contributed by atoms with Gasteiger partial charge in [-0.2, -0.15) is 0 Å². The number of fused-ring (bicyclic) bond motifs is 2. The molecule has 0 aliphatic heterocycles. The van der Waals surface area contributed by atoms with Crippen LogP contribution in [-0.2, 0) is 4.79 Å². The van der Waals surface area contributed by atoms with Crippen molar-refractivity contribution in [3.8, 4) is 0 Å². The molecule has 1 N–H and O–H groups in total. The highest BCUT2D eigenvalue weighted by Crippen LogP contribution is 2.49. The third-order valence-electron chi connectivity index (χ3n) is 4.75. The summed E-state index contributed by atoms with van der Waals surface area (Å²) in [6.45, 7) is 2.14. The van der Waals surface area contributed by atoms with E-state index in [-0.39, 0.29) is 11.9 Å². The first kappa shape index (κ1) is 12.5. The van der Waals surface area contributed by atoms with E-state index < -0.39 is 0 Å². The number of rotatable bonds is 4. The largest absolute Gasteiger partial charge is 0.465 e. The smallest absolute Gasteiger partial charge is 0.244 e. The second-order valence-electron chi connectivity index (χ2n) is 5.98. The summed E-state index contributed by atoms with van der Waals surface area (Å²) in [6.07, 6.45) is 10.3. The lowest BCUT2D eigenvalue weighted by atomic mass is 9.84. The van der Waals surface area contributed by atoms with Crippen LogP contribution in [0.25, 0.3) is 6.08 Å². The highest BCUT2D eigenvalue weighted by atomic mass is 16.3. The van der Waals surface area contributed by atoms with Crippen LogP contribution in [0.15, 0.2) is 28.9 Å². The quantitative estimate of drug-likeness (QED) is 0.843. The SMILES string of the molecule is CC(NC(=O)/C=C/c1ccco1)C1CC2CCC1C2. The van der Waals surface area contributed by atoms with Gasteiger partial charge in [0.25, 0.3) is 0 Å². The molecule has 1 aromatic heterocycles. The van der Waals surface area contributed by atoms with Crippen molar-refractivity contribution in [1.29, 1.82) is 0 Å². The first-order valence-corrected chi connectivity index (χ1v) is 7.24. The van der Waals surface area contributed by atoms with E-state index in [9.17, 15) is 4.79 Å².